The summed E-state index contributed by atoms with van der Waals surface area (Å²) in [6.45, 7) is 7.56. The zero-order valence-electron chi connectivity index (χ0n) is 13.6. The molecule has 0 aliphatic carbocycles. The first kappa shape index (κ1) is 19.6. The molecule has 6 nitrogen and oxygen atoms in total. The van der Waals surface area contributed by atoms with Gasteiger partial charge in [0.15, 0.2) is 0 Å². The van der Waals surface area contributed by atoms with Crippen LogP contribution in [0.15, 0.2) is 43.0 Å². The molecule has 0 heterocycles. The third kappa shape index (κ3) is 6.28. The molecule has 0 bridgehead atoms. The standard InChI is InChI=1S/C16H24NO5P/c1-4-10-15(23(19,21-5-2)22-6-3)16(18)17-20-13-14-11-8-7-9-12-14/h4,7-9,11-12,15H,1,5-6,10,13H2,2-3H3,(H,17,18). The highest BCUT2D eigenvalue weighted by Crippen LogP contribution is 2.54. The zero-order chi connectivity index (χ0) is 17.1. The van der Waals surface area contributed by atoms with E-state index in [1.165, 1.54) is 6.08 Å². The maximum absolute atomic E-state index is 12.8. The molecule has 1 N–H and O–H groups in total. The molecule has 0 fully saturated rings. The number of carbonyl (C=O) groups excluding carboxylic acids is 1. The van der Waals surface area contributed by atoms with E-state index < -0.39 is 19.2 Å². The van der Waals surface area contributed by atoms with Gasteiger partial charge in [-0.2, -0.15) is 0 Å². The smallest absolute Gasteiger partial charge is 0.308 e. The summed E-state index contributed by atoms with van der Waals surface area (Å²) in [5.41, 5.74) is 2.24. The van der Waals surface area contributed by atoms with E-state index >= 15 is 0 Å². The van der Waals surface area contributed by atoms with E-state index in [1.54, 1.807) is 13.8 Å². The van der Waals surface area contributed by atoms with Crippen LogP contribution in [-0.2, 0) is 29.9 Å². The molecule has 1 atom stereocenters. The monoisotopic (exact) mass is 341 g/mol. The molecule has 1 aromatic carbocycles. The van der Waals surface area contributed by atoms with Crippen molar-refractivity contribution in [2.24, 2.45) is 0 Å². The second-order valence-electron chi connectivity index (χ2n) is 4.66. The van der Waals surface area contributed by atoms with Gasteiger partial charge >= 0.3 is 7.60 Å². The molecule has 1 rings (SSSR count). The summed E-state index contributed by atoms with van der Waals surface area (Å²) >= 11 is 0. The Morgan fingerprint density at radius 2 is 1.87 bits per heavy atom. The van der Waals surface area contributed by atoms with Gasteiger partial charge in [-0.05, 0) is 25.8 Å². The van der Waals surface area contributed by atoms with Gasteiger partial charge in [-0.1, -0.05) is 36.4 Å². The van der Waals surface area contributed by atoms with Crippen LogP contribution in [0.3, 0.4) is 0 Å². The summed E-state index contributed by atoms with van der Waals surface area (Å²) in [7, 11) is -3.58. The van der Waals surface area contributed by atoms with Crippen LogP contribution in [0.5, 0.6) is 0 Å². The lowest BCUT2D eigenvalue weighted by Crippen LogP contribution is -2.35. The van der Waals surface area contributed by atoms with Crippen molar-refractivity contribution in [1.82, 2.24) is 5.48 Å². The molecule has 0 saturated carbocycles. The van der Waals surface area contributed by atoms with Crippen molar-refractivity contribution in [3.05, 3.63) is 48.6 Å². The molecule has 0 aliphatic heterocycles. The predicted octanol–water partition coefficient (Wildman–Crippen LogP) is 3.45. The van der Waals surface area contributed by atoms with Crippen LogP contribution in [0, 0.1) is 0 Å². The van der Waals surface area contributed by atoms with Crippen LogP contribution in [0.2, 0.25) is 0 Å². The Hall–Kier alpha value is -1.46. The van der Waals surface area contributed by atoms with E-state index in [1.807, 2.05) is 30.3 Å². The lowest BCUT2D eigenvalue weighted by Gasteiger charge is -2.24. The first-order valence-corrected chi connectivity index (χ1v) is 9.13. The lowest BCUT2D eigenvalue weighted by molar-refractivity contribution is -0.134. The van der Waals surface area contributed by atoms with E-state index in [-0.39, 0.29) is 26.2 Å². The van der Waals surface area contributed by atoms with Crippen molar-refractivity contribution in [1.29, 1.82) is 0 Å². The average molecular weight is 341 g/mol. The second-order valence-corrected chi connectivity index (χ2v) is 6.88. The molecule has 0 radical (unpaired) electrons. The summed E-state index contributed by atoms with van der Waals surface area (Å²) in [6, 6.07) is 9.39. The summed E-state index contributed by atoms with van der Waals surface area (Å²) in [6.07, 6.45) is 1.67. The van der Waals surface area contributed by atoms with Gasteiger partial charge in [-0.15, -0.1) is 6.58 Å². The molecule has 1 aromatic rings. The van der Waals surface area contributed by atoms with Crippen LogP contribution in [0.25, 0.3) is 0 Å². The van der Waals surface area contributed by atoms with Crippen molar-refractivity contribution >= 4 is 13.5 Å². The molecule has 0 spiro atoms. The summed E-state index contributed by atoms with van der Waals surface area (Å²) in [5.74, 6) is -0.550. The molecular weight excluding hydrogens is 317 g/mol. The van der Waals surface area contributed by atoms with E-state index in [0.717, 1.165) is 5.56 Å². The molecule has 7 heteroatoms. The quantitative estimate of drug-likeness (QED) is 0.379. The van der Waals surface area contributed by atoms with Crippen LogP contribution >= 0.6 is 7.60 Å². The van der Waals surface area contributed by atoms with Crippen LogP contribution in [0.4, 0.5) is 0 Å². The normalized spacial score (nSPS) is 12.6. The summed E-state index contributed by atoms with van der Waals surface area (Å²) < 4.78 is 23.2. The van der Waals surface area contributed by atoms with Gasteiger partial charge in [-0.25, -0.2) is 5.48 Å². The Morgan fingerprint density at radius 1 is 1.26 bits per heavy atom. The van der Waals surface area contributed by atoms with E-state index in [4.69, 9.17) is 13.9 Å². The number of nitrogens with one attached hydrogen (secondary N) is 1. The maximum Gasteiger partial charge on any atom is 0.343 e. The highest BCUT2D eigenvalue weighted by atomic mass is 31.2. The molecular formula is C16H24NO5P. The number of hydrogen-bond donors (Lipinski definition) is 1. The van der Waals surface area contributed by atoms with Gasteiger partial charge in [0.2, 0.25) is 0 Å². The Kier molecular flexibility index (Phi) is 8.81. The van der Waals surface area contributed by atoms with Gasteiger partial charge in [0.25, 0.3) is 5.91 Å². The first-order valence-electron chi connectivity index (χ1n) is 7.52. The highest BCUT2D eigenvalue weighted by Gasteiger charge is 2.40. The maximum atomic E-state index is 12.8. The minimum atomic E-state index is -3.58. The van der Waals surface area contributed by atoms with Gasteiger partial charge in [0.05, 0.1) is 19.8 Å². The first-order chi connectivity index (χ1) is 11.1. The van der Waals surface area contributed by atoms with Crippen molar-refractivity contribution in [3.8, 4) is 0 Å². The number of hydroxylamine groups is 1. The average Bonchev–Trinajstić information content (AvgIpc) is 2.54. The number of allylic oxidation sites excluding steroid dienone is 1. The van der Waals surface area contributed by atoms with Gasteiger partial charge in [-0.3, -0.25) is 14.2 Å². The zero-order valence-corrected chi connectivity index (χ0v) is 14.5. The fraction of sp³-hybridized carbons (Fsp3) is 0.438. The SMILES string of the molecule is C=CCC(C(=O)NOCc1ccccc1)P(=O)(OCC)OCC. The van der Waals surface area contributed by atoms with Crippen molar-refractivity contribution < 1.29 is 23.2 Å². The molecule has 128 valence electrons. The minimum absolute atomic E-state index is 0.164. The Bertz CT molecular complexity index is 525. The third-order valence-corrected chi connectivity index (χ3v) is 5.39. The van der Waals surface area contributed by atoms with E-state index in [2.05, 4.69) is 12.1 Å². The highest BCUT2D eigenvalue weighted by molar-refractivity contribution is 7.55. The lowest BCUT2D eigenvalue weighted by atomic mass is 10.2. The van der Waals surface area contributed by atoms with Crippen LogP contribution in [0.1, 0.15) is 25.8 Å². The number of benzene rings is 1. The third-order valence-electron chi connectivity index (χ3n) is 2.95. The number of hydrogen-bond acceptors (Lipinski definition) is 5. The van der Waals surface area contributed by atoms with E-state index in [9.17, 15) is 9.36 Å². The molecule has 0 saturated heterocycles. The Balaban J connectivity index is 2.69. The summed E-state index contributed by atoms with van der Waals surface area (Å²) in [4.78, 5) is 17.5. The fourth-order valence-electron chi connectivity index (χ4n) is 1.95. The van der Waals surface area contributed by atoms with Crippen molar-refractivity contribution in [3.63, 3.8) is 0 Å². The number of carbonyl (C=O) groups is 1. The fourth-order valence-corrected chi connectivity index (χ4v) is 3.85. The minimum Gasteiger partial charge on any atom is -0.308 e. The Morgan fingerprint density at radius 3 is 2.39 bits per heavy atom. The summed E-state index contributed by atoms with van der Waals surface area (Å²) in [5, 5.41) is 0. The molecule has 1 unspecified atom stereocenters. The molecule has 0 aromatic heterocycles. The number of amides is 1. The van der Waals surface area contributed by atoms with Gasteiger partial charge < -0.3 is 9.05 Å². The second kappa shape index (κ2) is 10.3. The van der Waals surface area contributed by atoms with Crippen molar-refractivity contribution in [2.75, 3.05) is 13.2 Å². The molecule has 0 aliphatic rings. The molecule has 23 heavy (non-hydrogen) atoms. The number of rotatable bonds is 11. The van der Waals surface area contributed by atoms with Crippen molar-refractivity contribution in [2.45, 2.75) is 32.5 Å². The van der Waals surface area contributed by atoms with Crippen LogP contribution < -0.4 is 5.48 Å². The largest absolute Gasteiger partial charge is 0.343 e. The van der Waals surface area contributed by atoms with Gasteiger partial charge in [0, 0.05) is 0 Å². The topological polar surface area (TPSA) is 73.9 Å². The Labute approximate surface area is 137 Å². The predicted molar refractivity (Wildman–Crippen MR) is 88.8 cm³/mol. The van der Waals surface area contributed by atoms with E-state index in [0.29, 0.717) is 0 Å². The van der Waals surface area contributed by atoms with Gasteiger partial charge in [0.1, 0.15) is 5.66 Å². The molecule has 1 amide bonds. The van der Waals surface area contributed by atoms with Crippen LogP contribution in [-0.4, -0.2) is 24.8 Å².